The topological polar surface area (TPSA) is 67.7 Å². The maximum Gasteiger partial charge on any atom is 0.272 e. The second-order valence-electron chi connectivity index (χ2n) is 7.82. The minimum Gasteiger partial charge on any atom is -0.493 e. The summed E-state index contributed by atoms with van der Waals surface area (Å²) in [6.07, 6.45) is 3.93. The van der Waals surface area contributed by atoms with Crippen LogP contribution in [-0.4, -0.2) is 64.7 Å². The molecule has 0 spiro atoms. The lowest BCUT2D eigenvalue weighted by Gasteiger charge is -2.24. The summed E-state index contributed by atoms with van der Waals surface area (Å²) in [4.78, 5) is 29.5. The SMILES string of the molecule is CC(C)n1nccc1C(=O)N1CCCCN(C)C(=O)c2cc(Cl)ccc2OCCC1. The highest BCUT2D eigenvalue weighted by molar-refractivity contribution is 6.31. The van der Waals surface area contributed by atoms with E-state index in [2.05, 4.69) is 5.10 Å². The van der Waals surface area contributed by atoms with Crippen LogP contribution in [0.2, 0.25) is 5.02 Å². The third kappa shape index (κ3) is 5.14. The number of halogens is 1. The van der Waals surface area contributed by atoms with Crippen molar-refractivity contribution in [3.8, 4) is 5.75 Å². The van der Waals surface area contributed by atoms with E-state index in [0.717, 1.165) is 12.8 Å². The van der Waals surface area contributed by atoms with Gasteiger partial charge in [-0.25, -0.2) is 0 Å². The number of hydrogen-bond donors (Lipinski definition) is 0. The Morgan fingerprint density at radius 3 is 2.63 bits per heavy atom. The quantitative estimate of drug-likeness (QED) is 0.721. The first kappa shape index (κ1) is 22.2. The number of nitrogens with zero attached hydrogens (tertiary/aromatic N) is 4. The van der Waals surface area contributed by atoms with E-state index in [9.17, 15) is 9.59 Å². The van der Waals surface area contributed by atoms with Crippen LogP contribution >= 0.6 is 11.6 Å². The molecule has 3 rings (SSSR count). The van der Waals surface area contributed by atoms with Gasteiger partial charge in [0, 0.05) is 43.9 Å². The number of rotatable bonds is 2. The normalized spacial score (nSPS) is 16.4. The maximum absolute atomic E-state index is 13.2. The molecule has 0 radical (unpaired) electrons. The Labute approximate surface area is 182 Å². The molecule has 1 aliphatic heterocycles. The number of hydrogen-bond acceptors (Lipinski definition) is 4. The van der Waals surface area contributed by atoms with Gasteiger partial charge in [0.05, 0.1) is 12.2 Å². The minimum absolute atomic E-state index is 0.0207. The molecule has 0 aliphatic carbocycles. The lowest BCUT2D eigenvalue weighted by atomic mass is 10.1. The number of fused-ring (bicyclic) bond motifs is 1. The largest absolute Gasteiger partial charge is 0.493 e. The van der Waals surface area contributed by atoms with Gasteiger partial charge in [0.2, 0.25) is 0 Å². The van der Waals surface area contributed by atoms with Gasteiger partial charge >= 0.3 is 0 Å². The van der Waals surface area contributed by atoms with Crippen molar-refractivity contribution in [2.45, 2.75) is 39.2 Å². The van der Waals surface area contributed by atoms with Crippen LogP contribution < -0.4 is 4.74 Å². The predicted octanol–water partition coefficient (Wildman–Crippen LogP) is 3.89. The molecule has 1 aliphatic rings. The molecule has 2 heterocycles. The molecule has 162 valence electrons. The first-order valence-corrected chi connectivity index (χ1v) is 10.8. The van der Waals surface area contributed by atoms with Gasteiger partial charge in [-0.3, -0.25) is 14.3 Å². The second-order valence-corrected chi connectivity index (χ2v) is 8.26. The highest BCUT2D eigenvalue weighted by atomic mass is 35.5. The first-order chi connectivity index (χ1) is 14.4. The van der Waals surface area contributed by atoms with Gasteiger partial charge in [0.15, 0.2) is 0 Å². The van der Waals surface area contributed by atoms with Gasteiger partial charge in [-0.05, 0) is 57.4 Å². The molecule has 30 heavy (non-hydrogen) atoms. The lowest BCUT2D eigenvalue weighted by molar-refractivity contribution is 0.0722. The number of carbonyl (C=O) groups excluding carboxylic acids is 2. The van der Waals surface area contributed by atoms with E-state index in [4.69, 9.17) is 16.3 Å². The maximum atomic E-state index is 13.2. The van der Waals surface area contributed by atoms with Crippen LogP contribution in [0.5, 0.6) is 5.75 Å². The number of amides is 2. The Hall–Kier alpha value is -2.54. The van der Waals surface area contributed by atoms with E-state index in [1.807, 2.05) is 18.7 Å². The number of aromatic nitrogens is 2. The summed E-state index contributed by atoms with van der Waals surface area (Å²) in [7, 11) is 1.77. The molecule has 0 fully saturated rings. The molecule has 0 saturated heterocycles. The van der Waals surface area contributed by atoms with Gasteiger partial charge in [0.1, 0.15) is 11.4 Å². The van der Waals surface area contributed by atoms with Crippen LogP contribution in [0.25, 0.3) is 0 Å². The zero-order valence-corrected chi connectivity index (χ0v) is 18.6. The van der Waals surface area contributed by atoms with E-state index >= 15 is 0 Å². The van der Waals surface area contributed by atoms with Crippen LogP contribution in [0, 0.1) is 0 Å². The minimum atomic E-state index is -0.111. The van der Waals surface area contributed by atoms with Crippen molar-refractivity contribution >= 4 is 23.4 Å². The monoisotopic (exact) mass is 432 g/mol. The Morgan fingerprint density at radius 2 is 1.87 bits per heavy atom. The fourth-order valence-electron chi connectivity index (χ4n) is 3.56. The van der Waals surface area contributed by atoms with Crippen molar-refractivity contribution in [3.63, 3.8) is 0 Å². The molecular weight excluding hydrogens is 404 g/mol. The van der Waals surface area contributed by atoms with Crippen molar-refractivity contribution in [1.29, 1.82) is 0 Å². The first-order valence-electron chi connectivity index (χ1n) is 10.4. The summed E-state index contributed by atoms with van der Waals surface area (Å²) < 4.78 is 7.65. The zero-order chi connectivity index (χ0) is 21.7. The average molecular weight is 433 g/mol. The second kappa shape index (κ2) is 9.98. The van der Waals surface area contributed by atoms with Crippen molar-refractivity contribution in [3.05, 3.63) is 46.7 Å². The molecule has 2 aromatic rings. The third-order valence-electron chi connectivity index (χ3n) is 5.19. The molecule has 1 aromatic carbocycles. The molecule has 0 unspecified atom stereocenters. The molecule has 7 nitrogen and oxygen atoms in total. The Bertz CT molecular complexity index is 896. The van der Waals surface area contributed by atoms with Crippen LogP contribution in [0.4, 0.5) is 0 Å². The van der Waals surface area contributed by atoms with Gasteiger partial charge in [-0.15, -0.1) is 0 Å². The predicted molar refractivity (Wildman–Crippen MR) is 116 cm³/mol. The van der Waals surface area contributed by atoms with Crippen molar-refractivity contribution in [1.82, 2.24) is 19.6 Å². The number of carbonyl (C=O) groups is 2. The van der Waals surface area contributed by atoms with E-state index in [1.54, 1.807) is 47.1 Å². The van der Waals surface area contributed by atoms with E-state index in [1.165, 1.54) is 0 Å². The molecule has 8 heteroatoms. The van der Waals surface area contributed by atoms with Crippen molar-refractivity contribution < 1.29 is 14.3 Å². The third-order valence-corrected chi connectivity index (χ3v) is 5.42. The van der Waals surface area contributed by atoms with Crippen LogP contribution in [0.15, 0.2) is 30.5 Å². The molecule has 0 N–H and O–H groups in total. The standard InChI is InChI=1S/C22H29ClN4O3/c1-16(2)27-19(9-10-24-27)22(29)26-12-5-4-11-25(3)21(28)18-15-17(23)7-8-20(18)30-14-6-13-26/h7-10,15-16H,4-6,11-14H2,1-3H3. The zero-order valence-electron chi connectivity index (χ0n) is 17.8. The highest BCUT2D eigenvalue weighted by Gasteiger charge is 2.22. The molecular formula is C22H29ClN4O3. The smallest absolute Gasteiger partial charge is 0.272 e. The molecule has 1 aromatic heterocycles. The summed E-state index contributed by atoms with van der Waals surface area (Å²) >= 11 is 6.10. The summed E-state index contributed by atoms with van der Waals surface area (Å²) in [5.41, 5.74) is 1.07. The summed E-state index contributed by atoms with van der Waals surface area (Å²) in [6.45, 7) is 6.22. The van der Waals surface area contributed by atoms with Crippen LogP contribution in [-0.2, 0) is 0 Å². The fourth-order valence-corrected chi connectivity index (χ4v) is 3.74. The summed E-state index contributed by atoms with van der Waals surface area (Å²) in [5.74, 6) is 0.388. The molecule has 0 saturated carbocycles. The average Bonchev–Trinajstić information content (AvgIpc) is 3.22. The van der Waals surface area contributed by atoms with Crippen LogP contribution in [0.1, 0.15) is 60.0 Å². The van der Waals surface area contributed by atoms with Crippen molar-refractivity contribution in [2.24, 2.45) is 0 Å². The van der Waals surface area contributed by atoms with E-state index in [-0.39, 0.29) is 17.9 Å². The van der Waals surface area contributed by atoms with Crippen molar-refractivity contribution in [2.75, 3.05) is 33.3 Å². The van der Waals surface area contributed by atoms with Gasteiger partial charge in [-0.2, -0.15) is 5.10 Å². The van der Waals surface area contributed by atoms with Gasteiger partial charge in [-0.1, -0.05) is 11.6 Å². The Kier molecular flexibility index (Phi) is 7.37. The highest BCUT2D eigenvalue weighted by Crippen LogP contribution is 2.25. The summed E-state index contributed by atoms with van der Waals surface area (Å²) in [6, 6.07) is 6.98. The lowest BCUT2D eigenvalue weighted by Crippen LogP contribution is -2.35. The van der Waals surface area contributed by atoms with E-state index in [0.29, 0.717) is 54.7 Å². The van der Waals surface area contributed by atoms with E-state index < -0.39 is 0 Å². The van der Waals surface area contributed by atoms with Crippen LogP contribution in [0.3, 0.4) is 0 Å². The number of benzene rings is 1. The number of ether oxygens (including phenoxy) is 1. The van der Waals surface area contributed by atoms with Gasteiger partial charge < -0.3 is 14.5 Å². The van der Waals surface area contributed by atoms with Gasteiger partial charge in [0.25, 0.3) is 11.8 Å². The fraction of sp³-hybridized carbons (Fsp3) is 0.500. The Morgan fingerprint density at radius 1 is 1.13 bits per heavy atom. The Balaban J connectivity index is 1.77. The molecule has 0 bridgehead atoms. The summed E-state index contributed by atoms with van der Waals surface area (Å²) in [5, 5.41) is 4.79. The molecule has 2 amide bonds. The molecule has 0 atom stereocenters.